The summed E-state index contributed by atoms with van der Waals surface area (Å²) in [4.78, 5) is 51.5. The number of pyridine rings is 1. The van der Waals surface area contributed by atoms with Gasteiger partial charge in [0.25, 0.3) is 5.91 Å². The quantitative estimate of drug-likeness (QED) is 0.561. The van der Waals surface area contributed by atoms with Gasteiger partial charge in [-0.1, -0.05) is 6.07 Å². The fraction of sp³-hybridized carbons (Fsp3) is 0.450. The molecule has 2 aliphatic heterocycles. The third-order valence-corrected chi connectivity index (χ3v) is 5.14. The van der Waals surface area contributed by atoms with Crippen LogP contribution in [0.15, 0.2) is 29.7 Å². The minimum Gasteiger partial charge on any atom is -0.342 e. The summed E-state index contributed by atoms with van der Waals surface area (Å²) < 4.78 is 0. The highest BCUT2D eigenvalue weighted by Gasteiger charge is 2.25. The third-order valence-electron chi connectivity index (χ3n) is 5.14. The molecular formula is C20H22N4O4. The Kier molecular flexibility index (Phi) is 6.50. The molecule has 0 spiro atoms. The van der Waals surface area contributed by atoms with Gasteiger partial charge in [-0.15, -0.1) is 0 Å². The van der Waals surface area contributed by atoms with Gasteiger partial charge in [0.2, 0.25) is 0 Å². The van der Waals surface area contributed by atoms with Gasteiger partial charge in [0.05, 0.1) is 6.04 Å². The first-order valence-corrected chi connectivity index (χ1v) is 9.32. The predicted molar refractivity (Wildman–Crippen MR) is 100 cm³/mol. The van der Waals surface area contributed by atoms with E-state index in [-0.39, 0.29) is 23.0 Å². The van der Waals surface area contributed by atoms with Gasteiger partial charge in [0.15, 0.2) is 0 Å². The van der Waals surface area contributed by atoms with Gasteiger partial charge in [-0.25, -0.2) is 9.59 Å². The average Bonchev–Trinajstić information content (AvgIpc) is 2.75. The summed E-state index contributed by atoms with van der Waals surface area (Å²) >= 11 is 0. The second kappa shape index (κ2) is 9.24. The van der Waals surface area contributed by atoms with Crippen molar-refractivity contribution in [3.05, 3.63) is 41.0 Å². The lowest BCUT2D eigenvalue weighted by atomic mass is 9.98. The lowest BCUT2D eigenvalue weighted by Gasteiger charge is -2.29. The Labute approximate surface area is 162 Å². The minimum absolute atomic E-state index is 0.119. The largest absolute Gasteiger partial charge is 0.342 e. The molecule has 0 saturated carbocycles. The number of aldehydes is 1. The van der Waals surface area contributed by atoms with E-state index in [2.05, 4.69) is 20.5 Å². The third kappa shape index (κ3) is 4.81. The normalized spacial score (nSPS) is 20.6. The number of carbonyl (C=O) groups is 2. The zero-order valence-electron chi connectivity index (χ0n) is 15.4. The summed E-state index contributed by atoms with van der Waals surface area (Å²) in [6, 6.07) is 2.97. The highest BCUT2D eigenvalue weighted by molar-refractivity contribution is 5.92. The number of amides is 1. The summed E-state index contributed by atoms with van der Waals surface area (Å²) in [6.07, 6.45) is 5.27. The number of hydrogen-bond acceptors (Lipinski definition) is 7. The lowest BCUT2D eigenvalue weighted by molar-refractivity contribution is -0.112. The summed E-state index contributed by atoms with van der Waals surface area (Å²) in [5, 5.41) is 5.39. The van der Waals surface area contributed by atoms with Crippen LogP contribution in [-0.4, -0.2) is 53.1 Å². The summed E-state index contributed by atoms with van der Waals surface area (Å²) in [5.41, 5.74) is 1.65. The van der Waals surface area contributed by atoms with E-state index in [1.807, 2.05) is 6.07 Å². The van der Waals surface area contributed by atoms with Gasteiger partial charge < -0.3 is 15.4 Å². The van der Waals surface area contributed by atoms with Gasteiger partial charge in [-0.2, -0.15) is 0 Å². The van der Waals surface area contributed by atoms with Gasteiger partial charge in [-0.3, -0.25) is 14.7 Å². The van der Waals surface area contributed by atoms with Crippen LogP contribution < -0.4 is 10.6 Å². The fourth-order valence-corrected chi connectivity index (χ4v) is 3.45. The maximum atomic E-state index is 12.4. The Morgan fingerprint density at radius 2 is 2.04 bits per heavy atom. The summed E-state index contributed by atoms with van der Waals surface area (Å²) in [5.74, 6) is 3.23. The smallest absolute Gasteiger partial charge is 0.270 e. The van der Waals surface area contributed by atoms with Gasteiger partial charge in [0.1, 0.15) is 35.3 Å². The van der Waals surface area contributed by atoms with Crippen molar-refractivity contribution in [1.29, 1.82) is 0 Å². The SMILES string of the molecule is O=C=C1CC[C@H](NC(=O)c2ccc(CN3CCC(C=O)CC3)cn2)C(=C=O)N1. The Hall–Kier alpha value is -3.05. The van der Waals surface area contributed by atoms with E-state index in [1.165, 1.54) is 0 Å². The molecule has 8 heteroatoms. The molecule has 2 fully saturated rings. The molecule has 0 radical (unpaired) electrons. The molecule has 2 saturated heterocycles. The Morgan fingerprint density at radius 3 is 2.64 bits per heavy atom. The topological polar surface area (TPSA) is 108 Å². The Balaban J connectivity index is 1.56. The molecule has 0 unspecified atom stereocenters. The van der Waals surface area contributed by atoms with E-state index in [4.69, 9.17) is 0 Å². The number of nitrogens with zero attached hydrogens (tertiary/aromatic N) is 2. The summed E-state index contributed by atoms with van der Waals surface area (Å²) in [6.45, 7) is 2.47. The first-order valence-electron chi connectivity index (χ1n) is 9.32. The number of piperidine rings is 2. The number of rotatable bonds is 5. The number of aromatic nitrogens is 1. The predicted octanol–water partition coefficient (Wildman–Crippen LogP) is 0.405. The van der Waals surface area contributed by atoms with Crippen molar-refractivity contribution in [2.75, 3.05) is 13.1 Å². The Morgan fingerprint density at radius 1 is 1.25 bits per heavy atom. The number of carbonyl (C=O) groups excluding carboxylic acids is 4. The van der Waals surface area contributed by atoms with E-state index in [1.54, 1.807) is 24.1 Å². The van der Waals surface area contributed by atoms with E-state index in [9.17, 15) is 19.2 Å². The van der Waals surface area contributed by atoms with Crippen molar-refractivity contribution in [1.82, 2.24) is 20.5 Å². The van der Waals surface area contributed by atoms with Gasteiger partial charge in [0, 0.05) is 25.1 Å². The monoisotopic (exact) mass is 382 g/mol. The number of hydrogen-bond donors (Lipinski definition) is 2. The van der Waals surface area contributed by atoms with E-state index < -0.39 is 11.9 Å². The zero-order valence-corrected chi connectivity index (χ0v) is 15.4. The first kappa shape index (κ1) is 19.7. The molecule has 1 aromatic heterocycles. The average molecular weight is 382 g/mol. The van der Waals surface area contributed by atoms with E-state index in [0.29, 0.717) is 12.8 Å². The molecule has 0 aliphatic carbocycles. The van der Waals surface area contributed by atoms with E-state index >= 15 is 0 Å². The maximum absolute atomic E-state index is 12.4. The van der Waals surface area contributed by atoms with Gasteiger partial charge >= 0.3 is 0 Å². The molecule has 1 atom stereocenters. The van der Waals surface area contributed by atoms with Crippen molar-refractivity contribution in [3.8, 4) is 0 Å². The lowest BCUT2D eigenvalue weighted by Crippen LogP contribution is -2.43. The summed E-state index contributed by atoms with van der Waals surface area (Å²) in [7, 11) is 0. The number of allylic oxidation sites excluding steroid dienone is 1. The second-order valence-electron chi connectivity index (χ2n) is 7.09. The van der Waals surface area contributed by atoms with Crippen molar-refractivity contribution in [3.63, 3.8) is 0 Å². The van der Waals surface area contributed by atoms with Crippen molar-refractivity contribution < 1.29 is 19.2 Å². The number of nitrogens with one attached hydrogen (secondary N) is 2. The number of likely N-dealkylation sites (tertiary alicyclic amines) is 1. The molecule has 3 heterocycles. The molecule has 2 aliphatic rings. The minimum atomic E-state index is -0.539. The van der Waals surface area contributed by atoms with Crippen LogP contribution in [0, 0.1) is 5.92 Å². The second-order valence-corrected chi connectivity index (χ2v) is 7.09. The van der Waals surface area contributed by atoms with Crippen LogP contribution in [-0.2, 0) is 20.9 Å². The first-order chi connectivity index (χ1) is 13.6. The Bertz CT molecular complexity index is 830. The van der Waals surface area contributed by atoms with Crippen LogP contribution in [0.1, 0.15) is 41.7 Å². The van der Waals surface area contributed by atoms with Crippen LogP contribution in [0.4, 0.5) is 0 Å². The van der Waals surface area contributed by atoms with Crippen LogP contribution in [0.3, 0.4) is 0 Å². The molecule has 0 bridgehead atoms. The molecule has 2 N–H and O–H groups in total. The van der Waals surface area contributed by atoms with E-state index in [0.717, 1.165) is 44.3 Å². The molecule has 1 aromatic rings. The van der Waals surface area contributed by atoms with Gasteiger partial charge in [-0.05, 0) is 44.0 Å². The van der Waals surface area contributed by atoms with Crippen molar-refractivity contribution >= 4 is 24.1 Å². The molecular weight excluding hydrogens is 360 g/mol. The van der Waals surface area contributed by atoms with Crippen LogP contribution >= 0.6 is 0 Å². The highest BCUT2D eigenvalue weighted by atomic mass is 16.2. The van der Waals surface area contributed by atoms with Crippen molar-refractivity contribution in [2.45, 2.75) is 38.3 Å². The standard InChI is InChI=1S/C20H22N4O4/c25-11-14-5-7-24(8-6-14)10-15-1-3-18(21-9-15)20(28)23-17-4-2-16(12-26)22-19(17)13-27/h1,3,9,11,14,17,22H,2,4-8,10H2,(H,23,28)/t17-/m0/s1. The maximum Gasteiger partial charge on any atom is 0.270 e. The van der Waals surface area contributed by atoms with Crippen molar-refractivity contribution in [2.24, 2.45) is 5.92 Å². The fourth-order valence-electron chi connectivity index (χ4n) is 3.45. The van der Waals surface area contributed by atoms with Crippen LogP contribution in [0.5, 0.6) is 0 Å². The molecule has 146 valence electrons. The molecule has 0 aromatic carbocycles. The molecule has 8 nitrogen and oxygen atoms in total. The molecule has 3 rings (SSSR count). The van der Waals surface area contributed by atoms with Crippen LogP contribution in [0.25, 0.3) is 0 Å². The zero-order chi connectivity index (χ0) is 19.9. The highest BCUT2D eigenvalue weighted by Crippen LogP contribution is 2.18. The van der Waals surface area contributed by atoms with Crippen LogP contribution in [0.2, 0.25) is 0 Å². The molecule has 1 amide bonds. The molecule has 28 heavy (non-hydrogen) atoms.